The van der Waals surface area contributed by atoms with Crippen LogP contribution in [0.5, 0.6) is 0 Å². The zero-order valence-electron chi connectivity index (χ0n) is 18.2. The van der Waals surface area contributed by atoms with Gasteiger partial charge in [0, 0.05) is 16.7 Å². The Bertz CT molecular complexity index is 1200. The first kappa shape index (κ1) is 23.4. The van der Waals surface area contributed by atoms with Crippen LogP contribution in [0, 0.1) is 18.3 Å². The summed E-state index contributed by atoms with van der Waals surface area (Å²) in [5.41, 5.74) is 1.58. The van der Waals surface area contributed by atoms with Crippen molar-refractivity contribution in [3.63, 3.8) is 0 Å². The topological polar surface area (TPSA) is 84.3 Å². The fourth-order valence-electron chi connectivity index (χ4n) is 4.47. The number of hydrogen-bond acceptors (Lipinski definition) is 7. The number of alkyl halides is 3. The van der Waals surface area contributed by atoms with E-state index in [2.05, 4.69) is 15.3 Å². The summed E-state index contributed by atoms with van der Waals surface area (Å²) in [6.45, 7) is 2.01. The Morgan fingerprint density at radius 1 is 1.24 bits per heavy atom. The Morgan fingerprint density at radius 3 is 2.62 bits per heavy atom. The Kier molecular flexibility index (Phi) is 5.99. The fourth-order valence-corrected chi connectivity index (χ4v) is 6.13. The van der Waals surface area contributed by atoms with E-state index >= 15 is 0 Å². The number of aliphatic hydroxyl groups is 1. The number of carbonyl (C=O) groups excluding carboxylic acids is 1. The summed E-state index contributed by atoms with van der Waals surface area (Å²) in [7, 11) is 0. The Balaban J connectivity index is 1.09. The second kappa shape index (κ2) is 8.71. The van der Waals surface area contributed by atoms with E-state index in [1.165, 1.54) is 34.8 Å². The number of ether oxygens (including phenoxy) is 1. The minimum Gasteiger partial charge on any atom is -0.389 e. The summed E-state index contributed by atoms with van der Waals surface area (Å²) in [6.07, 6.45) is -1.95. The lowest BCUT2D eigenvalue weighted by Gasteiger charge is -2.35. The lowest BCUT2D eigenvalue weighted by molar-refractivity contribution is -0.137. The van der Waals surface area contributed by atoms with E-state index in [0.717, 1.165) is 47.7 Å². The van der Waals surface area contributed by atoms with Crippen LogP contribution >= 0.6 is 22.7 Å². The molecule has 1 aromatic carbocycles. The number of rotatable bonds is 7. The number of benzene rings is 1. The van der Waals surface area contributed by atoms with E-state index in [1.54, 1.807) is 0 Å². The van der Waals surface area contributed by atoms with Crippen LogP contribution in [0.15, 0.2) is 29.6 Å². The van der Waals surface area contributed by atoms with Crippen LogP contribution in [0.4, 0.5) is 18.3 Å². The fraction of sp³-hybridized carbons (Fsp3) is 0.435. The van der Waals surface area contributed by atoms with Gasteiger partial charge in [-0.05, 0) is 43.9 Å². The van der Waals surface area contributed by atoms with Gasteiger partial charge in [-0.25, -0.2) is 9.97 Å². The van der Waals surface area contributed by atoms with Crippen molar-refractivity contribution < 1.29 is 27.8 Å². The van der Waals surface area contributed by atoms with Crippen LogP contribution in [0.25, 0.3) is 10.6 Å². The average Bonchev–Trinajstić information content (AvgIpc) is 3.11. The first-order valence-corrected chi connectivity index (χ1v) is 12.5. The van der Waals surface area contributed by atoms with Crippen molar-refractivity contribution in [2.24, 2.45) is 11.3 Å². The average molecular weight is 510 g/mol. The number of thiazole rings is 2. The molecule has 2 N–H and O–H groups in total. The molecule has 0 bridgehead atoms. The van der Waals surface area contributed by atoms with Gasteiger partial charge in [0.15, 0.2) is 5.13 Å². The molecule has 0 saturated heterocycles. The molecule has 2 aromatic heterocycles. The molecular weight excluding hydrogens is 487 g/mol. The van der Waals surface area contributed by atoms with Crippen LogP contribution < -0.4 is 5.32 Å². The number of aliphatic hydroxyl groups excluding tert-OH is 1. The summed E-state index contributed by atoms with van der Waals surface area (Å²) in [6, 6.07) is 5.01. The standard InChI is InChI=1S/C23H22F3N3O3S2/c1-12-19(34-18(9-30)27-12)16-11-33-21(28-16)29-20(31)14-6-22(7-14)8-17(22)32-10-13-2-4-15(5-3-13)23(24,25)26/h2-5,11,14,17,30H,6-10H2,1H3,(H,28,29,31). The maximum atomic E-state index is 12.7. The van der Waals surface area contributed by atoms with Gasteiger partial charge in [0.25, 0.3) is 0 Å². The molecule has 0 radical (unpaired) electrons. The van der Waals surface area contributed by atoms with E-state index in [4.69, 9.17) is 4.74 Å². The highest BCUT2D eigenvalue weighted by Crippen LogP contribution is 2.65. The van der Waals surface area contributed by atoms with Gasteiger partial charge in [-0.1, -0.05) is 12.1 Å². The first-order valence-electron chi connectivity index (χ1n) is 10.8. The Hall–Kier alpha value is -2.34. The predicted molar refractivity (Wildman–Crippen MR) is 122 cm³/mol. The number of amides is 1. The molecule has 6 nitrogen and oxygen atoms in total. The molecule has 1 atom stereocenters. The zero-order valence-corrected chi connectivity index (χ0v) is 19.8. The number of nitrogens with one attached hydrogen (secondary N) is 1. The smallest absolute Gasteiger partial charge is 0.389 e. The highest BCUT2D eigenvalue weighted by atomic mass is 32.1. The number of aromatic nitrogens is 2. The van der Waals surface area contributed by atoms with E-state index in [0.29, 0.717) is 15.7 Å². The van der Waals surface area contributed by atoms with Crippen LogP contribution in [-0.2, 0) is 28.9 Å². The molecule has 11 heteroatoms. The molecule has 1 unspecified atom stereocenters. The van der Waals surface area contributed by atoms with Crippen molar-refractivity contribution >= 4 is 33.7 Å². The molecule has 2 aliphatic rings. The maximum Gasteiger partial charge on any atom is 0.416 e. The molecule has 5 rings (SSSR count). The molecule has 2 saturated carbocycles. The monoisotopic (exact) mass is 509 g/mol. The zero-order chi connectivity index (χ0) is 24.1. The summed E-state index contributed by atoms with van der Waals surface area (Å²) in [5.74, 6) is -0.157. The highest BCUT2D eigenvalue weighted by molar-refractivity contribution is 7.17. The quantitative estimate of drug-likeness (QED) is 0.445. The summed E-state index contributed by atoms with van der Waals surface area (Å²) in [5, 5.41) is 15.2. The van der Waals surface area contributed by atoms with Gasteiger partial charge in [0.05, 0.1) is 41.1 Å². The third-order valence-corrected chi connectivity index (χ3v) is 8.39. The molecule has 180 valence electrons. The first-order chi connectivity index (χ1) is 16.2. The van der Waals surface area contributed by atoms with Gasteiger partial charge in [-0.15, -0.1) is 22.7 Å². The number of hydrogen-bond donors (Lipinski definition) is 2. The van der Waals surface area contributed by atoms with Crippen LogP contribution in [0.1, 0.15) is 41.1 Å². The summed E-state index contributed by atoms with van der Waals surface area (Å²) >= 11 is 2.74. The van der Waals surface area contributed by atoms with Gasteiger partial charge in [-0.3, -0.25) is 4.79 Å². The largest absolute Gasteiger partial charge is 0.416 e. The van der Waals surface area contributed by atoms with Crippen molar-refractivity contribution in [1.29, 1.82) is 0 Å². The molecule has 34 heavy (non-hydrogen) atoms. The van der Waals surface area contributed by atoms with Crippen LogP contribution in [-0.4, -0.2) is 27.1 Å². The molecule has 2 heterocycles. The number of halogens is 3. The van der Waals surface area contributed by atoms with E-state index < -0.39 is 11.7 Å². The lowest BCUT2D eigenvalue weighted by atomic mass is 9.71. The van der Waals surface area contributed by atoms with E-state index in [1.807, 2.05) is 12.3 Å². The SMILES string of the molecule is Cc1nc(CO)sc1-c1csc(NC(=O)C2CC3(C2)CC3OCc2ccc(C(F)(F)F)cc2)n1. The van der Waals surface area contributed by atoms with Crippen molar-refractivity contribution in [3.05, 3.63) is 51.5 Å². The number of anilines is 1. The summed E-state index contributed by atoms with van der Waals surface area (Å²) in [4.78, 5) is 22.3. The molecule has 1 amide bonds. The van der Waals surface area contributed by atoms with Crippen molar-refractivity contribution in [3.8, 4) is 10.6 Å². The molecule has 2 fully saturated rings. The normalized spacial score (nSPS) is 23.7. The molecule has 0 aliphatic heterocycles. The Morgan fingerprint density at radius 2 is 1.97 bits per heavy atom. The van der Waals surface area contributed by atoms with Crippen LogP contribution in [0.3, 0.4) is 0 Å². The molecular formula is C23H22F3N3O3S2. The Labute approximate surface area is 201 Å². The van der Waals surface area contributed by atoms with Crippen LogP contribution in [0.2, 0.25) is 0 Å². The predicted octanol–water partition coefficient (Wildman–Crippen LogP) is 5.41. The lowest BCUT2D eigenvalue weighted by Crippen LogP contribution is -2.37. The number of nitrogens with zero attached hydrogens (tertiary/aromatic N) is 2. The minimum atomic E-state index is -4.34. The molecule has 2 aliphatic carbocycles. The van der Waals surface area contributed by atoms with E-state index in [9.17, 15) is 23.1 Å². The van der Waals surface area contributed by atoms with Gasteiger partial charge in [0.1, 0.15) is 5.01 Å². The third-order valence-electron chi connectivity index (χ3n) is 6.47. The highest BCUT2D eigenvalue weighted by Gasteiger charge is 2.63. The van der Waals surface area contributed by atoms with Gasteiger partial charge in [0.2, 0.25) is 5.91 Å². The molecule has 3 aromatic rings. The van der Waals surface area contributed by atoms with Gasteiger partial charge >= 0.3 is 6.18 Å². The van der Waals surface area contributed by atoms with Gasteiger partial charge < -0.3 is 15.2 Å². The maximum absolute atomic E-state index is 12.7. The number of aryl methyl sites for hydroxylation is 1. The second-order valence-electron chi connectivity index (χ2n) is 8.87. The second-order valence-corrected chi connectivity index (χ2v) is 10.8. The van der Waals surface area contributed by atoms with Crippen molar-refractivity contribution in [2.75, 3.05) is 5.32 Å². The van der Waals surface area contributed by atoms with Gasteiger partial charge in [-0.2, -0.15) is 13.2 Å². The summed E-state index contributed by atoms with van der Waals surface area (Å²) < 4.78 is 43.9. The molecule has 1 spiro atoms. The van der Waals surface area contributed by atoms with Crippen molar-refractivity contribution in [2.45, 2.75) is 51.7 Å². The van der Waals surface area contributed by atoms with Crippen molar-refractivity contribution in [1.82, 2.24) is 9.97 Å². The third kappa shape index (κ3) is 4.61. The van der Waals surface area contributed by atoms with E-state index in [-0.39, 0.29) is 36.6 Å². The minimum absolute atomic E-state index is 0.0163. The number of carbonyl (C=O) groups is 1.